The smallest absolute Gasteiger partial charge is 0.116 e. The molecule has 32 heavy (non-hydrogen) atoms. The summed E-state index contributed by atoms with van der Waals surface area (Å²) in [5.41, 5.74) is 4.53. The maximum Gasteiger partial charge on any atom is 0.116 e. The second-order valence-electron chi connectivity index (χ2n) is 7.99. The van der Waals surface area contributed by atoms with Crippen molar-refractivity contribution in [2.75, 3.05) is 5.88 Å². The topological polar surface area (TPSA) is 23.5 Å². The van der Waals surface area contributed by atoms with Gasteiger partial charge in [0.05, 0.1) is 5.88 Å². The van der Waals surface area contributed by atoms with Crippen LogP contribution in [0, 0.1) is 0 Å². The van der Waals surface area contributed by atoms with Crippen LogP contribution in [0.25, 0.3) is 0 Å². The van der Waals surface area contributed by atoms with Gasteiger partial charge in [0.1, 0.15) is 11.3 Å². The van der Waals surface area contributed by atoms with Crippen molar-refractivity contribution in [2.45, 2.75) is 12.0 Å². The molecule has 2 nitrogen and oxygen atoms in total. The monoisotopic (exact) mass is 435 g/mol. The zero-order valence-electron chi connectivity index (χ0n) is 17.8. The zero-order valence-corrected chi connectivity index (χ0v) is 18.6. The van der Waals surface area contributed by atoms with Crippen molar-refractivity contribution in [3.8, 4) is 5.75 Å². The first kappa shape index (κ1) is 20.5. The number of hydrogen-bond donors (Lipinski definition) is 1. The third-order valence-electron chi connectivity index (χ3n) is 6.01. The lowest BCUT2D eigenvalue weighted by molar-refractivity contribution is 0.274. The fraction of sp³-hybridized carbons (Fsp3) is 0.103. The highest BCUT2D eigenvalue weighted by molar-refractivity contribution is 8.03. The molecule has 0 aliphatic carbocycles. The Bertz CT molecular complexity index is 1090. The molecule has 4 aromatic rings. The van der Waals surface area contributed by atoms with E-state index in [0.717, 1.165) is 12.3 Å². The number of aromatic hydroxyl groups is 1. The van der Waals surface area contributed by atoms with E-state index in [2.05, 4.69) is 102 Å². The Morgan fingerprint density at radius 2 is 1.12 bits per heavy atom. The average molecular weight is 436 g/mol. The lowest BCUT2D eigenvalue weighted by atomic mass is 9.76. The summed E-state index contributed by atoms with van der Waals surface area (Å²) in [7, 11) is 0. The molecule has 0 spiro atoms. The Balaban J connectivity index is 1.65. The Morgan fingerprint density at radius 3 is 1.59 bits per heavy atom. The number of phenolic OH excluding ortho intramolecular Hbond substituents is 1. The maximum atomic E-state index is 9.62. The molecule has 4 aromatic carbocycles. The molecule has 0 saturated heterocycles. The summed E-state index contributed by atoms with van der Waals surface area (Å²) in [5, 5.41) is 9.62. The van der Waals surface area contributed by atoms with Crippen LogP contribution in [0.2, 0.25) is 0 Å². The van der Waals surface area contributed by atoms with E-state index in [1.807, 2.05) is 23.9 Å². The van der Waals surface area contributed by atoms with Crippen LogP contribution >= 0.6 is 11.8 Å². The lowest BCUT2D eigenvalue weighted by Crippen LogP contribution is -2.44. The summed E-state index contributed by atoms with van der Waals surface area (Å²) >= 11 is 1.88. The van der Waals surface area contributed by atoms with Gasteiger partial charge in [-0.25, -0.2) is 0 Å². The van der Waals surface area contributed by atoms with Gasteiger partial charge in [-0.1, -0.05) is 103 Å². The highest BCUT2D eigenvalue weighted by atomic mass is 32.2. The van der Waals surface area contributed by atoms with Crippen molar-refractivity contribution < 1.29 is 5.11 Å². The van der Waals surface area contributed by atoms with E-state index >= 15 is 0 Å². The number of rotatable bonds is 6. The van der Waals surface area contributed by atoms with Gasteiger partial charge in [0.15, 0.2) is 0 Å². The molecule has 0 fully saturated rings. The molecule has 0 saturated carbocycles. The van der Waals surface area contributed by atoms with Gasteiger partial charge < -0.3 is 10.0 Å². The summed E-state index contributed by atoms with van der Waals surface area (Å²) in [6.45, 7) is 0. The van der Waals surface area contributed by atoms with E-state index in [0.29, 0.717) is 5.75 Å². The molecule has 3 heteroatoms. The third kappa shape index (κ3) is 3.80. The van der Waals surface area contributed by atoms with Gasteiger partial charge in [0.2, 0.25) is 0 Å². The van der Waals surface area contributed by atoms with E-state index < -0.39 is 5.54 Å². The summed E-state index contributed by atoms with van der Waals surface area (Å²) in [4.78, 5) is 3.80. The van der Waals surface area contributed by atoms with Crippen molar-refractivity contribution >= 4 is 11.8 Å². The summed E-state index contributed by atoms with van der Waals surface area (Å²) in [6.07, 6.45) is 3.18. The number of hydrogen-bond acceptors (Lipinski definition) is 3. The van der Waals surface area contributed by atoms with Gasteiger partial charge in [-0.2, -0.15) is 0 Å². The Kier molecular flexibility index (Phi) is 5.74. The van der Waals surface area contributed by atoms with E-state index in [9.17, 15) is 5.11 Å². The molecule has 0 unspecified atom stereocenters. The van der Waals surface area contributed by atoms with E-state index in [4.69, 9.17) is 0 Å². The van der Waals surface area contributed by atoms with Crippen LogP contribution in [0.4, 0.5) is 0 Å². The van der Waals surface area contributed by atoms with Crippen LogP contribution < -0.4 is 0 Å². The quantitative estimate of drug-likeness (QED) is 0.338. The lowest BCUT2D eigenvalue weighted by Gasteiger charge is -2.43. The highest BCUT2D eigenvalue weighted by Crippen LogP contribution is 2.46. The molecule has 1 aliphatic rings. The minimum Gasteiger partial charge on any atom is -0.508 e. The molecule has 5 rings (SSSR count). The predicted molar refractivity (Wildman–Crippen MR) is 133 cm³/mol. The number of allylic oxidation sites excluding steroid dienone is 1. The van der Waals surface area contributed by atoms with E-state index in [-0.39, 0.29) is 0 Å². The summed E-state index contributed by atoms with van der Waals surface area (Å²) < 4.78 is 0. The van der Waals surface area contributed by atoms with Crippen LogP contribution in [-0.2, 0) is 12.0 Å². The van der Waals surface area contributed by atoms with Crippen molar-refractivity contribution in [1.82, 2.24) is 4.90 Å². The molecule has 158 valence electrons. The fourth-order valence-corrected chi connectivity index (χ4v) is 5.59. The van der Waals surface area contributed by atoms with Gasteiger partial charge in [-0.3, -0.25) is 0 Å². The fourth-order valence-electron chi connectivity index (χ4n) is 4.54. The number of benzene rings is 4. The summed E-state index contributed by atoms with van der Waals surface area (Å²) in [6, 6.07) is 39.9. The maximum absolute atomic E-state index is 9.62. The van der Waals surface area contributed by atoms with Crippen molar-refractivity contribution in [3.63, 3.8) is 0 Å². The Morgan fingerprint density at radius 1 is 0.656 bits per heavy atom. The van der Waals surface area contributed by atoms with Crippen LogP contribution in [0.5, 0.6) is 5.75 Å². The van der Waals surface area contributed by atoms with Gasteiger partial charge in [0, 0.05) is 17.5 Å². The van der Waals surface area contributed by atoms with Crippen LogP contribution in [0.15, 0.2) is 126 Å². The van der Waals surface area contributed by atoms with Gasteiger partial charge in [-0.15, -0.1) is 11.8 Å². The van der Waals surface area contributed by atoms with Crippen molar-refractivity contribution in [1.29, 1.82) is 0 Å². The van der Waals surface area contributed by atoms with E-state index in [1.54, 1.807) is 12.1 Å². The highest BCUT2D eigenvalue weighted by Gasteiger charge is 2.42. The molecule has 0 radical (unpaired) electrons. The second-order valence-corrected chi connectivity index (χ2v) is 9.06. The largest absolute Gasteiger partial charge is 0.508 e. The van der Waals surface area contributed by atoms with Crippen molar-refractivity contribution in [2.24, 2.45) is 0 Å². The zero-order chi connectivity index (χ0) is 21.8. The third-order valence-corrected chi connectivity index (χ3v) is 7.04. The first-order chi connectivity index (χ1) is 15.8. The molecule has 0 atom stereocenters. The molecular weight excluding hydrogens is 410 g/mol. The molecule has 0 amide bonds. The molecule has 0 aromatic heterocycles. The van der Waals surface area contributed by atoms with Gasteiger partial charge in [-0.05, 0) is 34.4 Å². The molecule has 0 bridgehead atoms. The SMILES string of the molecule is Oc1ccc(CC2=CN(C(c3ccccc3)(c3ccccc3)c3ccccc3)CS2)cc1. The number of phenols is 1. The number of thioether (sulfide) groups is 1. The molecule has 1 aliphatic heterocycles. The normalized spacial score (nSPS) is 13.8. The summed E-state index contributed by atoms with van der Waals surface area (Å²) in [5.74, 6) is 1.17. The van der Waals surface area contributed by atoms with E-state index in [1.165, 1.54) is 27.2 Å². The molecular formula is C29H25NOS. The van der Waals surface area contributed by atoms with Crippen LogP contribution in [0.1, 0.15) is 22.3 Å². The average Bonchev–Trinajstić information content (AvgIpc) is 3.32. The first-order valence-corrected chi connectivity index (χ1v) is 11.8. The second kappa shape index (κ2) is 8.97. The Hall–Kier alpha value is -3.43. The standard InChI is InChI=1S/C29H25NOS/c31-27-18-16-23(17-19-27)20-28-21-30(22-32-28)29(24-10-4-1-5-11-24,25-12-6-2-7-13-25)26-14-8-3-9-15-26/h1-19,21,31H,20,22H2. The predicted octanol–water partition coefficient (Wildman–Crippen LogP) is 6.77. The minimum absolute atomic E-state index is 0.305. The van der Waals surface area contributed by atoms with Crippen LogP contribution in [0.3, 0.4) is 0 Å². The van der Waals surface area contributed by atoms with Crippen LogP contribution in [-0.4, -0.2) is 15.9 Å². The van der Waals surface area contributed by atoms with Crippen molar-refractivity contribution in [3.05, 3.63) is 149 Å². The Labute approximate surface area is 193 Å². The molecule has 1 heterocycles. The first-order valence-electron chi connectivity index (χ1n) is 10.8. The van der Waals surface area contributed by atoms with Gasteiger partial charge in [0.25, 0.3) is 0 Å². The minimum atomic E-state index is -0.423. The molecule has 1 N–H and O–H groups in total. The number of nitrogens with zero attached hydrogens (tertiary/aromatic N) is 1. The van der Waals surface area contributed by atoms with Gasteiger partial charge >= 0.3 is 0 Å².